The summed E-state index contributed by atoms with van der Waals surface area (Å²) < 4.78 is 18.9. The van der Waals surface area contributed by atoms with Gasteiger partial charge in [-0.3, -0.25) is 9.78 Å². The van der Waals surface area contributed by atoms with E-state index < -0.39 is 5.82 Å². The Hall–Kier alpha value is -2.17. The molecule has 19 heavy (non-hydrogen) atoms. The number of rotatable bonds is 4. The summed E-state index contributed by atoms with van der Waals surface area (Å²) in [5.74, 6) is -0.189. The van der Waals surface area contributed by atoms with Crippen molar-refractivity contribution in [3.05, 3.63) is 54.0 Å². The molecule has 98 valence electrons. The normalized spacial score (nSPS) is 14.4. The fourth-order valence-electron chi connectivity index (χ4n) is 2.03. The Bertz CT molecular complexity index is 579. The first-order chi connectivity index (χ1) is 9.25. The number of amides is 1. The number of hydrogen-bond acceptors (Lipinski definition) is 3. The highest BCUT2D eigenvalue weighted by Crippen LogP contribution is 2.30. The van der Waals surface area contributed by atoms with Crippen molar-refractivity contribution >= 4 is 5.91 Å². The second-order valence-corrected chi connectivity index (χ2v) is 4.60. The van der Waals surface area contributed by atoms with Gasteiger partial charge in [0.05, 0.1) is 24.6 Å². The molecule has 2 aromatic heterocycles. The van der Waals surface area contributed by atoms with Crippen LogP contribution in [0.5, 0.6) is 0 Å². The molecule has 1 aliphatic carbocycles. The summed E-state index contributed by atoms with van der Waals surface area (Å²) in [7, 11) is 0. The lowest BCUT2D eigenvalue weighted by molar-refractivity contribution is 0.0712. The van der Waals surface area contributed by atoms with Crippen LogP contribution in [0.25, 0.3) is 0 Å². The number of furan rings is 1. The topological polar surface area (TPSA) is 46.3 Å². The van der Waals surface area contributed by atoms with Gasteiger partial charge < -0.3 is 9.32 Å². The van der Waals surface area contributed by atoms with Crippen molar-refractivity contribution in [2.75, 3.05) is 0 Å². The lowest BCUT2D eigenvalue weighted by Crippen LogP contribution is -2.33. The molecule has 1 aliphatic rings. The largest absolute Gasteiger partial charge is 0.467 e. The Labute approximate surface area is 109 Å². The molecule has 0 radical (unpaired) electrons. The van der Waals surface area contributed by atoms with E-state index in [9.17, 15) is 9.18 Å². The SMILES string of the molecule is O=C(c1ccncc1F)N(Cc1ccco1)C1CC1. The summed E-state index contributed by atoms with van der Waals surface area (Å²) in [5, 5.41) is 0. The Morgan fingerprint density at radius 3 is 2.95 bits per heavy atom. The van der Waals surface area contributed by atoms with E-state index >= 15 is 0 Å². The maximum atomic E-state index is 13.6. The van der Waals surface area contributed by atoms with Crippen LogP contribution in [-0.2, 0) is 6.54 Å². The molecule has 0 unspecified atom stereocenters. The number of pyridine rings is 1. The van der Waals surface area contributed by atoms with Crippen molar-refractivity contribution in [2.24, 2.45) is 0 Å². The summed E-state index contributed by atoms with van der Waals surface area (Å²) >= 11 is 0. The molecule has 0 aliphatic heterocycles. The molecule has 1 fully saturated rings. The Morgan fingerprint density at radius 2 is 2.32 bits per heavy atom. The molecule has 1 amide bonds. The first-order valence-corrected chi connectivity index (χ1v) is 6.18. The summed E-state index contributed by atoms with van der Waals surface area (Å²) in [6.45, 7) is 0.373. The maximum absolute atomic E-state index is 13.6. The summed E-state index contributed by atoms with van der Waals surface area (Å²) in [5.41, 5.74) is 0.0634. The molecule has 0 aromatic carbocycles. The van der Waals surface area contributed by atoms with Gasteiger partial charge in [0.15, 0.2) is 5.82 Å². The zero-order chi connectivity index (χ0) is 13.2. The minimum atomic E-state index is -0.586. The third-order valence-corrected chi connectivity index (χ3v) is 3.16. The van der Waals surface area contributed by atoms with Crippen LogP contribution in [0.15, 0.2) is 41.3 Å². The van der Waals surface area contributed by atoms with E-state index in [1.807, 2.05) is 6.07 Å². The fraction of sp³-hybridized carbons (Fsp3) is 0.286. The molecule has 0 atom stereocenters. The number of halogens is 1. The van der Waals surface area contributed by atoms with Gasteiger partial charge in [-0.25, -0.2) is 4.39 Å². The van der Waals surface area contributed by atoms with Gasteiger partial charge in [-0.1, -0.05) is 0 Å². The van der Waals surface area contributed by atoms with Gasteiger partial charge in [0, 0.05) is 12.2 Å². The standard InChI is InChI=1S/C14H13FN2O2/c15-13-8-16-6-5-12(13)14(18)17(10-3-4-10)9-11-2-1-7-19-11/h1-2,5-8,10H,3-4,9H2. The van der Waals surface area contributed by atoms with E-state index in [0.717, 1.165) is 19.0 Å². The highest BCUT2D eigenvalue weighted by molar-refractivity contribution is 5.94. The molecule has 3 rings (SSSR count). The van der Waals surface area contributed by atoms with E-state index in [-0.39, 0.29) is 17.5 Å². The minimum Gasteiger partial charge on any atom is -0.467 e. The van der Waals surface area contributed by atoms with Crippen LogP contribution in [-0.4, -0.2) is 21.8 Å². The average molecular weight is 260 g/mol. The van der Waals surface area contributed by atoms with E-state index in [2.05, 4.69) is 4.98 Å². The van der Waals surface area contributed by atoms with Gasteiger partial charge in [-0.15, -0.1) is 0 Å². The van der Waals surface area contributed by atoms with Gasteiger partial charge >= 0.3 is 0 Å². The molecule has 4 nitrogen and oxygen atoms in total. The van der Waals surface area contributed by atoms with Crippen LogP contribution >= 0.6 is 0 Å². The number of hydrogen-bond donors (Lipinski definition) is 0. The number of carbonyl (C=O) groups is 1. The summed E-state index contributed by atoms with van der Waals surface area (Å²) in [6.07, 6.45) is 5.97. The smallest absolute Gasteiger partial charge is 0.257 e. The van der Waals surface area contributed by atoms with Gasteiger partial charge in [0.2, 0.25) is 0 Å². The molecule has 0 bridgehead atoms. The van der Waals surface area contributed by atoms with Gasteiger partial charge in [-0.2, -0.15) is 0 Å². The molecular weight excluding hydrogens is 247 g/mol. The highest BCUT2D eigenvalue weighted by atomic mass is 19.1. The van der Waals surface area contributed by atoms with Crippen LogP contribution in [0, 0.1) is 5.82 Å². The quantitative estimate of drug-likeness (QED) is 0.849. The van der Waals surface area contributed by atoms with Crippen molar-refractivity contribution in [1.82, 2.24) is 9.88 Å². The third kappa shape index (κ3) is 2.50. The lowest BCUT2D eigenvalue weighted by Gasteiger charge is -2.21. The van der Waals surface area contributed by atoms with Gasteiger partial charge in [0.1, 0.15) is 5.76 Å². The zero-order valence-corrected chi connectivity index (χ0v) is 10.3. The minimum absolute atomic E-state index is 0.0634. The van der Waals surface area contributed by atoms with E-state index in [1.165, 1.54) is 12.3 Å². The van der Waals surface area contributed by atoms with Gasteiger partial charge in [0.25, 0.3) is 5.91 Å². The van der Waals surface area contributed by atoms with Crippen molar-refractivity contribution in [3.8, 4) is 0 Å². The van der Waals surface area contributed by atoms with Gasteiger partial charge in [-0.05, 0) is 31.0 Å². The Morgan fingerprint density at radius 1 is 1.47 bits per heavy atom. The Balaban J connectivity index is 1.84. The molecule has 0 N–H and O–H groups in total. The first-order valence-electron chi connectivity index (χ1n) is 6.18. The van der Waals surface area contributed by atoms with E-state index in [0.29, 0.717) is 12.3 Å². The van der Waals surface area contributed by atoms with Crippen LogP contribution in [0.1, 0.15) is 29.0 Å². The van der Waals surface area contributed by atoms with Crippen LogP contribution in [0.4, 0.5) is 4.39 Å². The third-order valence-electron chi connectivity index (χ3n) is 3.16. The predicted octanol–water partition coefficient (Wildman–Crippen LogP) is 2.62. The second kappa shape index (κ2) is 4.84. The van der Waals surface area contributed by atoms with Crippen molar-refractivity contribution in [2.45, 2.75) is 25.4 Å². The van der Waals surface area contributed by atoms with Crippen molar-refractivity contribution in [3.63, 3.8) is 0 Å². The van der Waals surface area contributed by atoms with Crippen LogP contribution in [0.3, 0.4) is 0 Å². The van der Waals surface area contributed by atoms with E-state index in [1.54, 1.807) is 17.2 Å². The highest BCUT2D eigenvalue weighted by Gasteiger charge is 2.34. The lowest BCUT2D eigenvalue weighted by atomic mass is 10.2. The number of aromatic nitrogens is 1. The zero-order valence-electron chi connectivity index (χ0n) is 10.3. The fourth-order valence-corrected chi connectivity index (χ4v) is 2.03. The number of nitrogens with zero attached hydrogens (tertiary/aromatic N) is 2. The van der Waals surface area contributed by atoms with Crippen LogP contribution in [0.2, 0.25) is 0 Å². The maximum Gasteiger partial charge on any atom is 0.257 e. The molecule has 5 heteroatoms. The second-order valence-electron chi connectivity index (χ2n) is 4.60. The van der Waals surface area contributed by atoms with Crippen LogP contribution < -0.4 is 0 Å². The van der Waals surface area contributed by atoms with E-state index in [4.69, 9.17) is 4.42 Å². The number of carbonyl (C=O) groups excluding carboxylic acids is 1. The molecule has 2 aromatic rings. The monoisotopic (exact) mass is 260 g/mol. The summed E-state index contributed by atoms with van der Waals surface area (Å²) in [6, 6.07) is 5.18. The molecule has 0 saturated heterocycles. The van der Waals surface area contributed by atoms with Crippen molar-refractivity contribution in [1.29, 1.82) is 0 Å². The summed E-state index contributed by atoms with van der Waals surface area (Å²) in [4.78, 5) is 17.7. The molecule has 1 saturated carbocycles. The Kier molecular flexibility index (Phi) is 3.03. The molecule has 0 spiro atoms. The molecular formula is C14H13FN2O2. The first kappa shape index (κ1) is 11.9. The van der Waals surface area contributed by atoms with Crippen molar-refractivity contribution < 1.29 is 13.6 Å². The molecule has 2 heterocycles. The predicted molar refractivity (Wildman–Crippen MR) is 65.8 cm³/mol. The average Bonchev–Trinajstić information content (AvgIpc) is 3.13.